The second-order valence-corrected chi connectivity index (χ2v) is 6.75. The first kappa shape index (κ1) is 19.7. The van der Waals surface area contributed by atoms with Crippen LogP contribution in [0.5, 0.6) is 0 Å². The molecule has 0 aliphatic rings. The monoisotopic (exact) mass is 384 g/mol. The summed E-state index contributed by atoms with van der Waals surface area (Å²) < 4.78 is 27.2. The van der Waals surface area contributed by atoms with E-state index in [1.807, 2.05) is 44.2 Å². The minimum absolute atomic E-state index is 0.0774. The molecule has 0 amide bonds. The Morgan fingerprint density at radius 1 is 1.00 bits per heavy atom. The van der Waals surface area contributed by atoms with Crippen molar-refractivity contribution in [2.24, 2.45) is 5.92 Å². The molecule has 0 aliphatic heterocycles. The van der Waals surface area contributed by atoms with Gasteiger partial charge in [-0.05, 0) is 18.1 Å². The van der Waals surface area contributed by atoms with E-state index in [-0.39, 0.29) is 24.3 Å². The molecule has 1 heterocycles. The first-order valence-corrected chi connectivity index (χ1v) is 9.00. The molecule has 0 radical (unpaired) electrons. The molecule has 0 saturated heterocycles. The van der Waals surface area contributed by atoms with E-state index in [1.54, 1.807) is 6.07 Å². The van der Waals surface area contributed by atoms with Crippen LogP contribution in [0.3, 0.4) is 0 Å². The van der Waals surface area contributed by atoms with Crippen LogP contribution < -0.4 is 10.6 Å². The van der Waals surface area contributed by atoms with Gasteiger partial charge >= 0.3 is 0 Å². The summed E-state index contributed by atoms with van der Waals surface area (Å²) in [6.45, 7) is 3.87. The van der Waals surface area contributed by atoms with E-state index in [4.69, 9.17) is 0 Å². The maximum absolute atomic E-state index is 14.0. The van der Waals surface area contributed by atoms with Gasteiger partial charge in [-0.15, -0.1) is 0 Å². The Bertz CT molecular complexity index is 935. The molecule has 146 valence electrons. The predicted octanol–water partition coefficient (Wildman–Crippen LogP) is 4.59. The Labute approximate surface area is 162 Å². The van der Waals surface area contributed by atoms with Gasteiger partial charge in [0.05, 0.1) is 24.0 Å². The van der Waals surface area contributed by atoms with Crippen molar-refractivity contribution >= 4 is 17.5 Å². The Kier molecular flexibility index (Phi) is 6.16. The number of nitrogens with one attached hydrogen (secondary N) is 2. The van der Waals surface area contributed by atoms with Gasteiger partial charge in [0, 0.05) is 17.7 Å². The molecular formula is C21H22F2N4O. The van der Waals surface area contributed by atoms with Crippen molar-refractivity contribution in [1.29, 1.82) is 0 Å². The topological polar surface area (TPSA) is 70.1 Å². The number of hydrogen-bond donors (Lipinski definition) is 3. The number of aromatic nitrogens is 2. The van der Waals surface area contributed by atoms with Crippen LogP contribution in [0.2, 0.25) is 0 Å². The van der Waals surface area contributed by atoms with E-state index >= 15 is 0 Å². The molecule has 7 heteroatoms. The quantitative estimate of drug-likeness (QED) is 0.556. The van der Waals surface area contributed by atoms with Gasteiger partial charge in [0.25, 0.3) is 0 Å². The first-order chi connectivity index (χ1) is 13.5. The van der Waals surface area contributed by atoms with E-state index in [1.165, 1.54) is 12.1 Å². The van der Waals surface area contributed by atoms with Crippen LogP contribution in [0.15, 0.2) is 54.6 Å². The van der Waals surface area contributed by atoms with Crippen molar-refractivity contribution in [1.82, 2.24) is 9.97 Å². The molecule has 0 fully saturated rings. The molecule has 1 atom stereocenters. The molecule has 0 bridgehead atoms. The minimum Gasteiger partial charge on any atom is -0.394 e. The van der Waals surface area contributed by atoms with Gasteiger partial charge in [0.1, 0.15) is 17.5 Å². The third kappa shape index (κ3) is 4.80. The lowest BCUT2D eigenvalue weighted by Gasteiger charge is -2.20. The third-order valence-electron chi connectivity index (χ3n) is 4.31. The molecule has 0 saturated carbocycles. The number of nitrogens with zero attached hydrogens (tertiary/aromatic N) is 2. The van der Waals surface area contributed by atoms with Crippen molar-refractivity contribution < 1.29 is 13.9 Å². The number of anilines is 3. The first-order valence-electron chi connectivity index (χ1n) is 9.00. The van der Waals surface area contributed by atoms with Crippen LogP contribution in [0, 0.1) is 17.6 Å². The summed E-state index contributed by atoms with van der Waals surface area (Å²) in [5, 5.41) is 15.6. The van der Waals surface area contributed by atoms with Crippen LogP contribution >= 0.6 is 0 Å². The number of benzene rings is 2. The summed E-state index contributed by atoms with van der Waals surface area (Å²) in [4.78, 5) is 8.91. The predicted molar refractivity (Wildman–Crippen MR) is 106 cm³/mol. The Balaban J connectivity index is 1.99. The third-order valence-corrected chi connectivity index (χ3v) is 4.31. The lowest BCUT2D eigenvalue weighted by Crippen LogP contribution is -2.30. The van der Waals surface area contributed by atoms with Crippen molar-refractivity contribution in [2.75, 3.05) is 17.2 Å². The molecule has 28 heavy (non-hydrogen) atoms. The van der Waals surface area contributed by atoms with Crippen LogP contribution in [-0.4, -0.2) is 27.7 Å². The molecular weight excluding hydrogens is 362 g/mol. The summed E-state index contributed by atoms with van der Waals surface area (Å²) in [5.74, 6) is -0.563. The van der Waals surface area contributed by atoms with Gasteiger partial charge in [0.2, 0.25) is 5.95 Å². The number of halogens is 2. The second-order valence-electron chi connectivity index (χ2n) is 6.75. The fourth-order valence-corrected chi connectivity index (χ4v) is 2.65. The highest BCUT2D eigenvalue weighted by atomic mass is 19.1. The van der Waals surface area contributed by atoms with E-state index in [2.05, 4.69) is 20.6 Å². The summed E-state index contributed by atoms with van der Waals surface area (Å²) in [7, 11) is 0. The number of aliphatic hydroxyl groups excluding tert-OH is 1. The second kappa shape index (κ2) is 8.75. The molecule has 3 aromatic rings. The fourth-order valence-electron chi connectivity index (χ4n) is 2.65. The lowest BCUT2D eigenvalue weighted by molar-refractivity contribution is 0.248. The van der Waals surface area contributed by atoms with Gasteiger partial charge < -0.3 is 15.7 Å². The maximum Gasteiger partial charge on any atom is 0.225 e. The SMILES string of the molecule is CC(C)[C@@H](CO)Nc1nc(Nc2ccc(F)cc2F)cc(-c2ccccc2)n1. The smallest absolute Gasteiger partial charge is 0.225 e. The zero-order valence-corrected chi connectivity index (χ0v) is 15.7. The van der Waals surface area contributed by atoms with Gasteiger partial charge in [0.15, 0.2) is 0 Å². The molecule has 1 aromatic heterocycles. The number of aliphatic hydroxyl groups is 1. The Hall–Kier alpha value is -3.06. The van der Waals surface area contributed by atoms with Gasteiger partial charge in [-0.1, -0.05) is 44.2 Å². The van der Waals surface area contributed by atoms with Crippen molar-refractivity contribution in [3.05, 3.63) is 66.2 Å². The molecule has 2 aromatic carbocycles. The van der Waals surface area contributed by atoms with E-state index in [9.17, 15) is 13.9 Å². The highest BCUT2D eigenvalue weighted by molar-refractivity contribution is 5.67. The average molecular weight is 384 g/mol. The largest absolute Gasteiger partial charge is 0.394 e. The minimum atomic E-state index is -0.718. The van der Waals surface area contributed by atoms with Crippen LogP contribution in [0.1, 0.15) is 13.8 Å². The normalized spacial score (nSPS) is 12.1. The standard InChI is InChI=1S/C21H22F2N4O/c1-13(2)19(12-28)26-21-25-18(14-6-4-3-5-7-14)11-20(27-21)24-17-9-8-15(22)10-16(17)23/h3-11,13,19,28H,12H2,1-2H3,(H2,24,25,26,27)/t19-/m1/s1. The van der Waals surface area contributed by atoms with Gasteiger partial charge in [-0.25, -0.2) is 13.8 Å². The molecule has 0 aliphatic carbocycles. The summed E-state index contributed by atoms with van der Waals surface area (Å²) in [5.41, 5.74) is 1.59. The molecule has 5 nitrogen and oxygen atoms in total. The number of hydrogen-bond acceptors (Lipinski definition) is 5. The maximum atomic E-state index is 14.0. The molecule has 0 unspecified atom stereocenters. The summed E-state index contributed by atoms with van der Waals surface area (Å²) >= 11 is 0. The summed E-state index contributed by atoms with van der Waals surface area (Å²) in [6.07, 6.45) is 0. The van der Waals surface area contributed by atoms with E-state index in [0.29, 0.717) is 17.5 Å². The van der Waals surface area contributed by atoms with Gasteiger partial charge in [-0.2, -0.15) is 4.98 Å². The molecule has 0 spiro atoms. The summed E-state index contributed by atoms with van der Waals surface area (Å²) in [6, 6.07) is 14.2. The fraction of sp³-hybridized carbons (Fsp3) is 0.238. The van der Waals surface area contributed by atoms with E-state index < -0.39 is 11.6 Å². The zero-order valence-electron chi connectivity index (χ0n) is 15.7. The van der Waals surface area contributed by atoms with Crippen LogP contribution in [0.25, 0.3) is 11.3 Å². The Morgan fingerprint density at radius 3 is 2.39 bits per heavy atom. The molecule has 3 N–H and O–H groups in total. The van der Waals surface area contributed by atoms with Gasteiger partial charge in [-0.3, -0.25) is 0 Å². The molecule has 3 rings (SSSR count). The number of rotatable bonds is 7. The van der Waals surface area contributed by atoms with E-state index in [0.717, 1.165) is 11.6 Å². The van der Waals surface area contributed by atoms with Crippen LogP contribution in [-0.2, 0) is 0 Å². The lowest BCUT2D eigenvalue weighted by atomic mass is 10.1. The Morgan fingerprint density at radius 2 is 1.75 bits per heavy atom. The highest BCUT2D eigenvalue weighted by Gasteiger charge is 2.15. The van der Waals surface area contributed by atoms with Crippen molar-refractivity contribution in [3.8, 4) is 11.3 Å². The van der Waals surface area contributed by atoms with Crippen LogP contribution in [0.4, 0.5) is 26.2 Å². The zero-order chi connectivity index (χ0) is 20.1. The average Bonchev–Trinajstić information content (AvgIpc) is 2.68. The van der Waals surface area contributed by atoms with Crippen molar-refractivity contribution in [2.45, 2.75) is 19.9 Å². The highest BCUT2D eigenvalue weighted by Crippen LogP contribution is 2.25. The van der Waals surface area contributed by atoms with Crippen molar-refractivity contribution in [3.63, 3.8) is 0 Å².